The van der Waals surface area contributed by atoms with Crippen LogP contribution < -0.4 is 0 Å². The molecule has 0 aromatic heterocycles. The van der Waals surface area contributed by atoms with E-state index in [0.29, 0.717) is 10.0 Å². The van der Waals surface area contributed by atoms with Crippen LogP contribution in [0, 0.1) is 0 Å². The predicted octanol–water partition coefficient (Wildman–Crippen LogP) is 3.41. The number of amides is 1. The van der Waals surface area contributed by atoms with Crippen molar-refractivity contribution in [3.63, 3.8) is 0 Å². The first-order valence-corrected chi connectivity index (χ1v) is 6.45. The third kappa shape index (κ3) is 3.22. The third-order valence-corrected chi connectivity index (χ3v) is 3.22. The van der Waals surface area contributed by atoms with E-state index in [4.69, 9.17) is 0 Å². The summed E-state index contributed by atoms with van der Waals surface area (Å²) in [4.78, 5) is 14.2. The number of hydrogen-bond donors (Lipinski definition) is 1. The molecule has 4 heteroatoms. The highest BCUT2D eigenvalue weighted by molar-refractivity contribution is 9.10. The SMILES string of the molecule is CC(C)N(C(=O)c1cc(O)ccc1Br)C(C)C. The summed E-state index contributed by atoms with van der Waals surface area (Å²) in [7, 11) is 0. The van der Waals surface area contributed by atoms with Gasteiger partial charge in [-0.1, -0.05) is 0 Å². The molecule has 0 saturated heterocycles. The first-order valence-electron chi connectivity index (χ1n) is 5.65. The molecule has 0 saturated carbocycles. The van der Waals surface area contributed by atoms with Crippen LogP contribution in [0.4, 0.5) is 0 Å². The van der Waals surface area contributed by atoms with E-state index in [9.17, 15) is 9.90 Å². The molecule has 0 aliphatic heterocycles. The van der Waals surface area contributed by atoms with Gasteiger partial charge in [0.1, 0.15) is 5.75 Å². The molecule has 0 unspecified atom stereocenters. The average Bonchev–Trinajstić information content (AvgIpc) is 2.20. The molecule has 0 fully saturated rings. The molecule has 17 heavy (non-hydrogen) atoms. The Morgan fingerprint density at radius 1 is 1.24 bits per heavy atom. The number of carbonyl (C=O) groups excluding carboxylic acids is 1. The highest BCUT2D eigenvalue weighted by Crippen LogP contribution is 2.24. The number of halogens is 1. The Hall–Kier alpha value is -1.03. The fourth-order valence-electron chi connectivity index (χ4n) is 1.88. The summed E-state index contributed by atoms with van der Waals surface area (Å²) in [5, 5.41) is 9.45. The van der Waals surface area contributed by atoms with Crippen LogP contribution in [-0.2, 0) is 0 Å². The van der Waals surface area contributed by atoms with E-state index in [0.717, 1.165) is 0 Å². The van der Waals surface area contributed by atoms with Gasteiger partial charge in [-0.15, -0.1) is 0 Å². The summed E-state index contributed by atoms with van der Waals surface area (Å²) in [6, 6.07) is 4.97. The molecule has 0 heterocycles. The van der Waals surface area contributed by atoms with Gasteiger partial charge in [0, 0.05) is 16.6 Å². The monoisotopic (exact) mass is 299 g/mol. The number of carbonyl (C=O) groups is 1. The largest absolute Gasteiger partial charge is 0.508 e. The minimum absolute atomic E-state index is 0.0715. The van der Waals surface area contributed by atoms with E-state index in [1.807, 2.05) is 27.7 Å². The summed E-state index contributed by atoms with van der Waals surface area (Å²) < 4.78 is 0.701. The summed E-state index contributed by atoms with van der Waals surface area (Å²) in [6.07, 6.45) is 0. The van der Waals surface area contributed by atoms with Crippen LogP contribution in [0.5, 0.6) is 5.75 Å². The van der Waals surface area contributed by atoms with Gasteiger partial charge in [-0.3, -0.25) is 4.79 Å². The van der Waals surface area contributed by atoms with Crippen molar-refractivity contribution in [2.24, 2.45) is 0 Å². The second-order valence-corrected chi connectivity index (χ2v) is 5.42. The van der Waals surface area contributed by atoms with Gasteiger partial charge < -0.3 is 10.0 Å². The average molecular weight is 300 g/mol. The van der Waals surface area contributed by atoms with Crippen molar-refractivity contribution in [2.75, 3.05) is 0 Å². The van der Waals surface area contributed by atoms with Crippen LogP contribution in [0.15, 0.2) is 22.7 Å². The molecule has 0 bridgehead atoms. The van der Waals surface area contributed by atoms with Crippen molar-refractivity contribution >= 4 is 21.8 Å². The highest BCUT2D eigenvalue weighted by Gasteiger charge is 2.23. The maximum atomic E-state index is 12.4. The van der Waals surface area contributed by atoms with E-state index in [2.05, 4.69) is 15.9 Å². The Balaban J connectivity index is 3.14. The molecule has 0 aliphatic rings. The zero-order valence-corrected chi connectivity index (χ0v) is 12.2. The minimum atomic E-state index is -0.0715. The Labute approximate surface area is 111 Å². The predicted molar refractivity (Wildman–Crippen MR) is 72.2 cm³/mol. The van der Waals surface area contributed by atoms with Gasteiger partial charge in [-0.2, -0.15) is 0 Å². The summed E-state index contributed by atoms with van der Waals surface area (Å²) >= 11 is 3.34. The van der Waals surface area contributed by atoms with Crippen molar-refractivity contribution in [3.8, 4) is 5.75 Å². The Morgan fingerprint density at radius 2 is 1.76 bits per heavy atom. The molecule has 0 atom stereocenters. The van der Waals surface area contributed by atoms with Crippen LogP contribution in [0.3, 0.4) is 0 Å². The van der Waals surface area contributed by atoms with Gasteiger partial charge in [0.15, 0.2) is 0 Å². The lowest BCUT2D eigenvalue weighted by Gasteiger charge is -2.31. The van der Waals surface area contributed by atoms with E-state index >= 15 is 0 Å². The van der Waals surface area contributed by atoms with Crippen molar-refractivity contribution in [1.29, 1.82) is 0 Å². The highest BCUT2D eigenvalue weighted by atomic mass is 79.9. The first kappa shape index (κ1) is 14.0. The number of nitrogens with zero attached hydrogens (tertiary/aromatic N) is 1. The van der Waals surface area contributed by atoms with Crippen LogP contribution in [0.25, 0.3) is 0 Å². The summed E-state index contributed by atoms with van der Waals surface area (Å²) in [5.74, 6) is 0.0294. The molecule has 1 amide bonds. The molecule has 1 aromatic rings. The van der Waals surface area contributed by atoms with E-state index in [1.54, 1.807) is 17.0 Å². The summed E-state index contributed by atoms with van der Waals surface area (Å²) in [5.41, 5.74) is 0.493. The second-order valence-electron chi connectivity index (χ2n) is 4.56. The maximum Gasteiger partial charge on any atom is 0.255 e. The smallest absolute Gasteiger partial charge is 0.255 e. The fraction of sp³-hybridized carbons (Fsp3) is 0.462. The normalized spacial score (nSPS) is 11.0. The second kappa shape index (κ2) is 5.54. The van der Waals surface area contributed by atoms with Crippen LogP contribution in [0.1, 0.15) is 38.1 Å². The fourth-order valence-corrected chi connectivity index (χ4v) is 2.30. The Kier molecular flexibility index (Phi) is 4.57. The lowest BCUT2D eigenvalue weighted by Crippen LogP contribution is -2.42. The first-order chi connectivity index (χ1) is 7.84. The Morgan fingerprint density at radius 3 is 2.24 bits per heavy atom. The van der Waals surface area contributed by atoms with Crippen LogP contribution >= 0.6 is 15.9 Å². The van der Waals surface area contributed by atoms with Crippen molar-refractivity contribution < 1.29 is 9.90 Å². The van der Waals surface area contributed by atoms with E-state index < -0.39 is 0 Å². The number of aromatic hydroxyl groups is 1. The molecule has 1 rings (SSSR count). The van der Waals surface area contributed by atoms with Gasteiger partial charge in [0.05, 0.1) is 5.56 Å². The number of benzene rings is 1. The lowest BCUT2D eigenvalue weighted by atomic mass is 10.1. The topological polar surface area (TPSA) is 40.5 Å². The van der Waals surface area contributed by atoms with Gasteiger partial charge in [0.25, 0.3) is 5.91 Å². The number of phenols is 1. The van der Waals surface area contributed by atoms with E-state index in [-0.39, 0.29) is 23.7 Å². The molecule has 94 valence electrons. The lowest BCUT2D eigenvalue weighted by molar-refractivity contribution is 0.0642. The van der Waals surface area contributed by atoms with Gasteiger partial charge in [-0.05, 0) is 61.8 Å². The molecule has 0 radical (unpaired) electrons. The molecule has 1 aromatic carbocycles. The molecule has 1 N–H and O–H groups in total. The Bertz CT molecular complexity index is 408. The molecule has 0 spiro atoms. The number of phenolic OH excluding ortho intramolecular Hbond substituents is 1. The molecular formula is C13H18BrNO2. The number of rotatable bonds is 3. The summed E-state index contributed by atoms with van der Waals surface area (Å²) in [6.45, 7) is 7.92. The van der Waals surface area contributed by atoms with Crippen LogP contribution in [0.2, 0.25) is 0 Å². The van der Waals surface area contributed by atoms with Gasteiger partial charge >= 0.3 is 0 Å². The standard InChI is InChI=1S/C13H18BrNO2/c1-8(2)15(9(3)4)13(17)11-7-10(16)5-6-12(11)14/h5-9,16H,1-4H3. The van der Waals surface area contributed by atoms with Gasteiger partial charge in [-0.25, -0.2) is 0 Å². The maximum absolute atomic E-state index is 12.4. The zero-order valence-electron chi connectivity index (χ0n) is 10.6. The molecule has 3 nitrogen and oxygen atoms in total. The third-order valence-electron chi connectivity index (χ3n) is 2.53. The quantitative estimate of drug-likeness (QED) is 0.929. The van der Waals surface area contributed by atoms with Crippen molar-refractivity contribution in [1.82, 2.24) is 4.90 Å². The zero-order chi connectivity index (χ0) is 13.2. The van der Waals surface area contributed by atoms with Crippen LogP contribution in [-0.4, -0.2) is 28.0 Å². The molecule has 0 aliphatic carbocycles. The minimum Gasteiger partial charge on any atom is -0.508 e. The van der Waals surface area contributed by atoms with Crippen molar-refractivity contribution in [2.45, 2.75) is 39.8 Å². The molecular weight excluding hydrogens is 282 g/mol. The van der Waals surface area contributed by atoms with Gasteiger partial charge in [0.2, 0.25) is 0 Å². The number of hydrogen-bond acceptors (Lipinski definition) is 2. The van der Waals surface area contributed by atoms with E-state index in [1.165, 1.54) is 6.07 Å². The van der Waals surface area contributed by atoms with Crippen molar-refractivity contribution in [3.05, 3.63) is 28.2 Å².